The molecule has 4 heteroatoms. The summed E-state index contributed by atoms with van der Waals surface area (Å²) < 4.78 is 0. The number of nitrogens with one attached hydrogen (secondary N) is 2. The van der Waals surface area contributed by atoms with Gasteiger partial charge in [-0.05, 0) is 23.7 Å². The summed E-state index contributed by atoms with van der Waals surface area (Å²) in [5.41, 5.74) is 2.26. The second kappa shape index (κ2) is 8.65. The van der Waals surface area contributed by atoms with Crippen LogP contribution >= 0.6 is 25.3 Å². The van der Waals surface area contributed by atoms with E-state index in [4.69, 9.17) is 0 Å². The maximum absolute atomic E-state index is 4.22. The van der Waals surface area contributed by atoms with Crippen molar-refractivity contribution < 1.29 is 9.98 Å². The van der Waals surface area contributed by atoms with Gasteiger partial charge in [0.1, 0.15) is 0 Å². The third-order valence-corrected chi connectivity index (χ3v) is 2.04. The highest BCUT2D eigenvalue weighted by Gasteiger charge is 1.97. The molecule has 0 saturated heterocycles. The Morgan fingerprint density at radius 2 is 1.12 bits per heavy atom. The SMILES string of the molecule is CC(/C=C(\C)S)=[NH+]CC[NH+]=C(C)/C=C(\C)S. The van der Waals surface area contributed by atoms with Gasteiger partial charge in [0.2, 0.25) is 0 Å². The first-order valence-corrected chi connectivity index (χ1v) is 6.20. The summed E-state index contributed by atoms with van der Waals surface area (Å²) in [5, 5.41) is 0. The highest BCUT2D eigenvalue weighted by Crippen LogP contribution is 1.95. The van der Waals surface area contributed by atoms with Gasteiger partial charge in [0.15, 0.2) is 24.5 Å². The molecule has 2 N–H and O–H groups in total. The maximum Gasteiger partial charge on any atom is 0.199 e. The van der Waals surface area contributed by atoms with Gasteiger partial charge < -0.3 is 0 Å². The Hall–Kier alpha value is -0.480. The van der Waals surface area contributed by atoms with E-state index in [1.807, 2.05) is 39.8 Å². The summed E-state index contributed by atoms with van der Waals surface area (Å²) in [4.78, 5) is 8.61. The van der Waals surface area contributed by atoms with Crippen LogP contribution in [0, 0.1) is 0 Å². The maximum atomic E-state index is 4.22. The molecule has 0 bridgehead atoms. The van der Waals surface area contributed by atoms with E-state index < -0.39 is 0 Å². The lowest BCUT2D eigenvalue weighted by Crippen LogP contribution is -2.83. The van der Waals surface area contributed by atoms with Crippen LogP contribution in [0.4, 0.5) is 0 Å². The van der Waals surface area contributed by atoms with Crippen LogP contribution in [0.2, 0.25) is 0 Å². The minimum atomic E-state index is 0.889. The van der Waals surface area contributed by atoms with E-state index >= 15 is 0 Å². The zero-order chi connectivity index (χ0) is 12.6. The van der Waals surface area contributed by atoms with Gasteiger partial charge in [-0.1, -0.05) is 0 Å². The molecule has 0 atom stereocenters. The molecular formula is C12H22N2S2+2. The smallest absolute Gasteiger partial charge is 0.199 e. The first-order chi connectivity index (χ1) is 7.41. The summed E-state index contributed by atoms with van der Waals surface area (Å²) >= 11 is 8.43. The van der Waals surface area contributed by atoms with Gasteiger partial charge in [-0.15, -0.1) is 25.3 Å². The van der Waals surface area contributed by atoms with Crippen molar-refractivity contribution >= 4 is 36.7 Å². The number of rotatable bonds is 5. The van der Waals surface area contributed by atoms with Gasteiger partial charge in [0.25, 0.3) is 0 Å². The van der Waals surface area contributed by atoms with E-state index in [9.17, 15) is 0 Å². The molecule has 0 radical (unpaired) electrons. The van der Waals surface area contributed by atoms with Crippen molar-refractivity contribution in [3.63, 3.8) is 0 Å². The van der Waals surface area contributed by atoms with Gasteiger partial charge in [-0.2, -0.15) is 0 Å². The second-order valence-electron chi connectivity index (χ2n) is 3.79. The summed E-state index contributed by atoms with van der Waals surface area (Å²) in [5.74, 6) is 0. The molecule has 2 nitrogen and oxygen atoms in total. The summed E-state index contributed by atoms with van der Waals surface area (Å²) in [6.07, 6.45) is 4.02. The minimum Gasteiger partial charge on any atom is -0.240 e. The van der Waals surface area contributed by atoms with Gasteiger partial charge in [-0.25, -0.2) is 9.98 Å². The molecule has 0 aliphatic carbocycles. The van der Waals surface area contributed by atoms with Crippen LogP contribution in [0.3, 0.4) is 0 Å². The summed E-state index contributed by atoms with van der Waals surface area (Å²) in [6.45, 7) is 9.78. The normalized spacial score (nSPS) is 15.6. The molecule has 0 heterocycles. The molecule has 0 fully saturated rings. The molecule has 0 aliphatic rings. The molecule has 0 aromatic heterocycles. The number of allylic oxidation sites excluding steroid dienone is 4. The Morgan fingerprint density at radius 3 is 1.38 bits per heavy atom. The highest BCUT2D eigenvalue weighted by molar-refractivity contribution is 7.84. The van der Waals surface area contributed by atoms with Gasteiger partial charge in [0.05, 0.1) is 0 Å². The lowest BCUT2D eigenvalue weighted by Gasteiger charge is -1.88. The Morgan fingerprint density at radius 1 is 0.812 bits per heavy atom. The Balaban J connectivity index is 4.10. The van der Waals surface area contributed by atoms with Crippen molar-refractivity contribution in [3.8, 4) is 0 Å². The standard InChI is InChI=1S/C12H20N2S2/c1-9(7-11(3)15)13-5-6-14-10(2)8-12(4)16/h7-8,15-16H,5-6H2,1-4H3/p+2/b11-7+,12-8+,13-9?,14-10?. The largest absolute Gasteiger partial charge is 0.240 e. The fraction of sp³-hybridized carbons (Fsp3) is 0.500. The second-order valence-corrected chi connectivity index (χ2v) is 5.20. The van der Waals surface area contributed by atoms with Crippen molar-refractivity contribution in [2.45, 2.75) is 27.7 Å². The molecular weight excluding hydrogens is 236 g/mol. The predicted octanol–water partition coefficient (Wildman–Crippen LogP) is -0.263. The topological polar surface area (TPSA) is 27.9 Å². The predicted molar refractivity (Wildman–Crippen MR) is 78.5 cm³/mol. The van der Waals surface area contributed by atoms with Crippen LogP contribution in [0.1, 0.15) is 27.7 Å². The van der Waals surface area contributed by atoms with Crippen molar-refractivity contribution in [3.05, 3.63) is 22.0 Å². The molecule has 0 unspecified atom stereocenters. The molecule has 0 rings (SSSR count). The number of hydrogen-bond acceptors (Lipinski definition) is 2. The van der Waals surface area contributed by atoms with Gasteiger partial charge in [0, 0.05) is 26.0 Å². The van der Waals surface area contributed by atoms with Crippen molar-refractivity contribution in [2.75, 3.05) is 13.1 Å². The monoisotopic (exact) mass is 258 g/mol. The fourth-order valence-corrected chi connectivity index (χ4v) is 1.64. The lowest BCUT2D eigenvalue weighted by molar-refractivity contribution is -0.537. The summed E-state index contributed by atoms with van der Waals surface area (Å²) in [6, 6.07) is 0. The first-order valence-electron chi connectivity index (χ1n) is 5.31. The van der Waals surface area contributed by atoms with Crippen molar-refractivity contribution in [1.82, 2.24) is 0 Å². The van der Waals surface area contributed by atoms with E-state index in [0.29, 0.717) is 0 Å². The molecule has 0 amide bonds. The Bertz CT molecular complexity index is 297. The quantitative estimate of drug-likeness (QED) is 0.297. The van der Waals surface area contributed by atoms with Crippen LogP contribution in [0.5, 0.6) is 0 Å². The van der Waals surface area contributed by atoms with Crippen LogP contribution in [0.25, 0.3) is 0 Å². The van der Waals surface area contributed by atoms with Crippen LogP contribution in [-0.4, -0.2) is 24.5 Å². The lowest BCUT2D eigenvalue weighted by atomic mass is 10.3. The average Bonchev–Trinajstić information content (AvgIpc) is 2.10. The molecule has 0 aromatic rings. The molecule has 16 heavy (non-hydrogen) atoms. The third kappa shape index (κ3) is 10.1. The van der Waals surface area contributed by atoms with Crippen molar-refractivity contribution in [1.29, 1.82) is 0 Å². The van der Waals surface area contributed by atoms with E-state index in [2.05, 4.69) is 35.2 Å². The highest BCUT2D eigenvalue weighted by atomic mass is 32.1. The Labute approximate surface area is 109 Å². The molecule has 0 aromatic carbocycles. The number of hydrogen-bond donors (Lipinski definition) is 4. The molecule has 0 aliphatic heterocycles. The average molecular weight is 258 g/mol. The zero-order valence-corrected chi connectivity index (χ0v) is 12.3. The summed E-state index contributed by atoms with van der Waals surface area (Å²) in [7, 11) is 0. The first kappa shape index (κ1) is 15.5. The van der Waals surface area contributed by atoms with E-state index in [0.717, 1.165) is 34.3 Å². The van der Waals surface area contributed by atoms with Crippen LogP contribution in [0.15, 0.2) is 22.0 Å². The fourth-order valence-electron chi connectivity index (χ4n) is 1.25. The molecule has 0 saturated carbocycles. The Kier molecular flexibility index (Phi) is 8.39. The van der Waals surface area contributed by atoms with E-state index in [1.54, 1.807) is 0 Å². The van der Waals surface area contributed by atoms with Gasteiger partial charge in [-0.3, -0.25) is 0 Å². The third-order valence-electron chi connectivity index (χ3n) is 1.78. The van der Waals surface area contributed by atoms with Crippen molar-refractivity contribution in [2.24, 2.45) is 0 Å². The minimum absolute atomic E-state index is 0.889. The van der Waals surface area contributed by atoms with Crippen LogP contribution < -0.4 is 9.98 Å². The van der Waals surface area contributed by atoms with E-state index in [1.165, 1.54) is 0 Å². The van der Waals surface area contributed by atoms with Gasteiger partial charge >= 0.3 is 0 Å². The number of thiol groups is 2. The molecule has 0 spiro atoms. The van der Waals surface area contributed by atoms with E-state index in [-0.39, 0.29) is 0 Å². The zero-order valence-electron chi connectivity index (χ0n) is 10.5. The molecule has 90 valence electrons. The van der Waals surface area contributed by atoms with Crippen LogP contribution in [-0.2, 0) is 0 Å².